The zero-order valence-electron chi connectivity index (χ0n) is 12.9. The average Bonchev–Trinajstić information content (AvgIpc) is 2.67. The topological polar surface area (TPSA) is 89.5 Å². The van der Waals surface area contributed by atoms with Crippen LogP contribution in [0.1, 0.15) is 20.8 Å². The van der Waals surface area contributed by atoms with E-state index in [9.17, 15) is 9.59 Å². The van der Waals surface area contributed by atoms with Gasteiger partial charge < -0.3 is 28.4 Å². The van der Waals surface area contributed by atoms with Crippen molar-refractivity contribution in [2.45, 2.75) is 51.2 Å². The van der Waals surface area contributed by atoms with Crippen LogP contribution in [0.25, 0.3) is 0 Å². The smallest absolute Gasteiger partial charge is 0.305 e. The highest BCUT2D eigenvalue weighted by Crippen LogP contribution is 2.33. The SMILES string of the molecule is COC[C@@H](OC)[C@@H](OC=O)[C@H]1OC(C)(C)O[C@H]1OC(C)=O. The first-order valence-electron chi connectivity index (χ1n) is 6.48. The van der Waals surface area contributed by atoms with Gasteiger partial charge >= 0.3 is 5.97 Å². The van der Waals surface area contributed by atoms with Crippen LogP contribution >= 0.6 is 0 Å². The summed E-state index contributed by atoms with van der Waals surface area (Å²) in [4.78, 5) is 21.9. The number of carbonyl (C=O) groups excluding carboxylic acids is 2. The van der Waals surface area contributed by atoms with Crippen LogP contribution in [0, 0.1) is 0 Å². The normalized spacial score (nSPS) is 26.9. The lowest BCUT2D eigenvalue weighted by molar-refractivity contribution is -0.196. The molecule has 0 aliphatic carbocycles. The number of esters is 1. The molecule has 0 unspecified atom stereocenters. The van der Waals surface area contributed by atoms with Crippen molar-refractivity contribution in [2.24, 2.45) is 0 Å². The van der Waals surface area contributed by atoms with Crippen LogP contribution in [0.15, 0.2) is 0 Å². The van der Waals surface area contributed by atoms with Crippen LogP contribution in [-0.4, -0.2) is 63.7 Å². The van der Waals surface area contributed by atoms with Crippen molar-refractivity contribution in [3.63, 3.8) is 0 Å². The zero-order chi connectivity index (χ0) is 16.0. The predicted molar refractivity (Wildman–Crippen MR) is 69.2 cm³/mol. The standard InChI is InChI=1S/C13H22O8/c1-8(15)19-12-11(20-13(2,3)21-12)10(18-7-14)9(17-5)6-16-4/h7,9-12H,6H2,1-5H3/t9-,10-,11-,12-/m1/s1. The first-order chi connectivity index (χ1) is 9.84. The molecule has 0 bridgehead atoms. The Kier molecular flexibility index (Phi) is 6.53. The highest BCUT2D eigenvalue weighted by molar-refractivity contribution is 5.66. The fourth-order valence-electron chi connectivity index (χ4n) is 2.14. The van der Waals surface area contributed by atoms with E-state index in [1.54, 1.807) is 13.8 Å². The molecule has 0 amide bonds. The van der Waals surface area contributed by atoms with E-state index in [-0.39, 0.29) is 13.1 Å². The van der Waals surface area contributed by atoms with Crippen LogP contribution in [-0.2, 0) is 38.0 Å². The molecule has 8 heteroatoms. The Hall–Kier alpha value is -1.22. The van der Waals surface area contributed by atoms with Gasteiger partial charge in [0.1, 0.15) is 6.10 Å². The van der Waals surface area contributed by atoms with Crippen molar-refractivity contribution >= 4 is 12.4 Å². The summed E-state index contributed by atoms with van der Waals surface area (Å²) >= 11 is 0. The molecule has 4 atom stereocenters. The van der Waals surface area contributed by atoms with E-state index in [0.29, 0.717) is 0 Å². The lowest BCUT2D eigenvalue weighted by Crippen LogP contribution is -2.48. The molecule has 1 aliphatic rings. The number of rotatable bonds is 8. The average molecular weight is 306 g/mol. The van der Waals surface area contributed by atoms with Gasteiger partial charge in [0, 0.05) is 21.1 Å². The van der Waals surface area contributed by atoms with Crippen LogP contribution in [0.2, 0.25) is 0 Å². The maximum absolute atomic E-state index is 11.2. The molecule has 0 radical (unpaired) electrons. The van der Waals surface area contributed by atoms with E-state index in [1.807, 2.05) is 0 Å². The molecule has 1 heterocycles. The predicted octanol–water partition coefficient (Wildman–Crippen LogP) is 0.230. The third-order valence-corrected chi connectivity index (χ3v) is 2.91. The highest BCUT2D eigenvalue weighted by Gasteiger charge is 2.50. The summed E-state index contributed by atoms with van der Waals surface area (Å²) in [5.74, 6) is -1.52. The molecule has 1 saturated heterocycles. The summed E-state index contributed by atoms with van der Waals surface area (Å²) in [7, 11) is 2.94. The number of carbonyl (C=O) groups is 2. The first kappa shape index (κ1) is 17.8. The molecule has 0 aromatic carbocycles. The summed E-state index contributed by atoms with van der Waals surface area (Å²) in [5, 5.41) is 0. The van der Waals surface area contributed by atoms with Crippen molar-refractivity contribution in [1.82, 2.24) is 0 Å². The van der Waals surface area contributed by atoms with E-state index >= 15 is 0 Å². The monoisotopic (exact) mass is 306 g/mol. The Balaban J connectivity index is 2.96. The summed E-state index contributed by atoms with van der Waals surface area (Å²) in [6, 6.07) is 0. The largest absolute Gasteiger partial charge is 0.459 e. The molecule has 0 aromatic rings. The first-order valence-corrected chi connectivity index (χ1v) is 6.48. The second-order valence-corrected chi connectivity index (χ2v) is 5.00. The molecule has 21 heavy (non-hydrogen) atoms. The van der Waals surface area contributed by atoms with Crippen LogP contribution < -0.4 is 0 Å². The maximum Gasteiger partial charge on any atom is 0.305 e. The van der Waals surface area contributed by atoms with Crippen molar-refractivity contribution in [1.29, 1.82) is 0 Å². The molecule has 0 saturated carbocycles. The quantitative estimate of drug-likeness (QED) is 0.465. The lowest BCUT2D eigenvalue weighted by Gasteiger charge is -2.29. The van der Waals surface area contributed by atoms with Crippen LogP contribution in [0.3, 0.4) is 0 Å². The van der Waals surface area contributed by atoms with Gasteiger partial charge in [-0.25, -0.2) is 0 Å². The minimum Gasteiger partial charge on any atom is -0.459 e. The second kappa shape index (κ2) is 7.69. The zero-order valence-corrected chi connectivity index (χ0v) is 12.9. The van der Waals surface area contributed by atoms with E-state index < -0.39 is 36.4 Å². The molecular formula is C13H22O8. The Morgan fingerprint density at radius 1 is 1.33 bits per heavy atom. The van der Waals surface area contributed by atoms with Crippen molar-refractivity contribution in [3.8, 4) is 0 Å². The molecule has 122 valence electrons. The van der Waals surface area contributed by atoms with Gasteiger partial charge in [0.15, 0.2) is 18.0 Å². The molecular weight excluding hydrogens is 284 g/mol. The van der Waals surface area contributed by atoms with Gasteiger partial charge in [0.05, 0.1) is 6.61 Å². The second-order valence-electron chi connectivity index (χ2n) is 5.00. The number of hydrogen-bond acceptors (Lipinski definition) is 8. The van der Waals surface area contributed by atoms with Crippen molar-refractivity contribution in [2.75, 3.05) is 20.8 Å². The van der Waals surface area contributed by atoms with E-state index in [2.05, 4.69) is 0 Å². The summed E-state index contributed by atoms with van der Waals surface area (Å²) in [6.07, 6.45) is -3.27. The van der Waals surface area contributed by atoms with Gasteiger partial charge in [-0.1, -0.05) is 0 Å². The van der Waals surface area contributed by atoms with Gasteiger partial charge in [-0.3, -0.25) is 9.59 Å². The third kappa shape index (κ3) is 4.92. The van der Waals surface area contributed by atoms with E-state index in [1.165, 1.54) is 21.1 Å². The van der Waals surface area contributed by atoms with Crippen LogP contribution in [0.4, 0.5) is 0 Å². The molecule has 1 rings (SSSR count). The number of ether oxygens (including phenoxy) is 6. The van der Waals surface area contributed by atoms with Crippen LogP contribution in [0.5, 0.6) is 0 Å². The summed E-state index contributed by atoms with van der Waals surface area (Å²) < 4.78 is 31.6. The number of methoxy groups -OCH3 is 2. The van der Waals surface area contributed by atoms with E-state index in [0.717, 1.165) is 0 Å². The van der Waals surface area contributed by atoms with Gasteiger partial charge in [-0.15, -0.1) is 0 Å². The molecule has 1 fully saturated rings. The molecule has 0 aromatic heterocycles. The third-order valence-electron chi connectivity index (χ3n) is 2.91. The van der Waals surface area contributed by atoms with Gasteiger partial charge in [0.25, 0.3) is 6.47 Å². The molecule has 1 aliphatic heterocycles. The Labute approximate surface area is 123 Å². The van der Waals surface area contributed by atoms with Gasteiger partial charge in [0.2, 0.25) is 6.29 Å². The fourth-order valence-corrected chi connectivity index (χ4v) is 2.14. The Morgan fingerprint density at radius 2 is 2.00 bits per heavy atom. The molecule has 0 spiro atoms. The minimum absolute atomic E-state index is 0.169. The van der Waals surface area contributed by atoms with Crippen molar-refractivity contribution in [3.05, 3.63) is 0 Å². The van der Waals surface area contributed by atoms with Crippen molar-refractivity contribution < 1.29 is 38.0 Å². The minimum atomic E-state index is -1.00. The fraction of sp³-hybridized carbons (Fsp3) is 0.846. The highest BCUT2D eigenvalue weighted by atomic mass is 16.8. The molecule has 8 nitrogen and oxygen atoms in total. The Bertz CT molecular complexity index is 356. The van der Waals surface area contributed by atoms with E-state index in [4.69, 9.17) is 28.4 Å². The number of hydrogen-bond donors (Lipinski definition) is 0. The maximum atomic E-state index is 11.2. The molecule has 0 N–H and O–H groups in total. The Morgan fingerprint density at radius 3 is 2.48 bits per heavy atom. The summed E-state index contributed by atoms with van der Waals surface area (Å²) in [5.41, 5.74) is 0. The van der Waals surface area contributed by atoms with Gasteiger partial charge in [-0.2, -0.15) is 0 Å². The van der Waals surface area contributed by atoms with Gasteiger partial charge in [-0.05, 0) is 13.8 Å². The summed E-state index contributed by atoms with van der Waals surface area (Å²) in [6.45, 7) is 5.04. The lowest BCUT2D eigenvalue weighted by atomic mass is 10.1.